The summed E-state index contributed by atoms with van der Waals surface area (Å²) in [7, 11) is 3.14. The number of rotatable bonds is 10. The lowest BCUT2D eigenvalue weighted by Crippen LogP contribution is -2.47. The van der Waals surface area contributed by atoms with E-state index < -0.39 is 17.6 Å². The van der Waals surface area contributed by atoms with E-state index in [1.165, 1.54) is 0 Å². The number of benzene rings is 1. The Morgan fingerprint density at radius 3 is 2.43 bits per heavy atom. The first-order valence-corrected chi connectivity index (χ1v) is 9.04. The van der Waals surface area contributed by atoms with Crippen LogP contribution in [0.5, 0.6) is 11.5 Å². The molecule has 0 radical (unpaired) electrons. The van der Waals surface area contributed by atoms with Crippen molar-refractivity contribution in [3.8, 4) is 11.5 Å². The van der Waals surface area contributed by atoms with E-state index in [2.05, 4.69) is 6.58 Å². The van der Waals surface area contributed by atoms with Gasteiger partial charge >= 0.3 is 5.97 Å². The smallest absolute Gasteiger partial charge is 0.335 e. The van der Waals surface area contributed by atoms with E-state index in [9.17, 15) is 9.59 Å². The van der Waals surface area contributed by atoms with Crippen molar-refractivity contribution < 1.29 is 28.5 Å². The fraction of sp³-hybridized carbons (Fsp3) is 0.524. The highest BCUT2D eigenvalue weighted by Crippen LogP contribution is 2.28. The highest BCUT2D eigenvalue weighted by atomic mass is 16.6. The van der Waals surface area contributed by atoms with E-state index >= 15 is 0 Å². The van der Waals surface area contributed by atoms with E-state index in [4.69, 9.17) is 18.9 Å². The first kappa shape index (κ1) is 23.5. The molecule has 0 N–H and O–H groups in total. The molecule has 1 amide bonds. The molecule has 0 saturated heterocycles. The molecule has 0 saturated carbocycles. The summed E-state index contributed by atoms with van der Waals surface area (Å²) in [5.41, 5.74) is 0.333. The Morgan fingerprint density at radius 2 is 1.89 bits per heavy atom. The van der Waals surface area contributed by atoms with Crippen molar-refractivity contribution in [3.05, 3.63) is 36.4 Å². The minimum absolute atomic E-state index is 0.232. The minimum Gasteiger partial charge on any atom is -0.497 e. The number of carbonyl (C=O) groups is 2. The van der Waals surface area contributed by atoms with Crippen LogP contribution in [0, 0.1) is 0 Å². The number of amides is 1. The molecule has 0 bridgehead atoms. The molecule has 0 fully saturated rings. The molecule has 7 heteroatoms. The SMILES string of the molecule is C=CCOC(C)C(=O)OCC(=O)N(Cc1ccc(OC)cc1OC)C(C)(C)C. The zero-order chi connectivity index (χ0) is 21.3. The largest absolute Gasteiger partial charge is 0.497 e. The second kappa shape index (κ2) is 10.7. The Kier molecular flexibility index (Phi) is 8.99. The van der Waals surface area contributed by atoms with Gasteiger partial charge in [-0.2, -0.15) is 0 Å². The van der Waals surface area contributed by atoms with Gasteiger partial charge in [-0.1, -0.05) is 6.08 Å². The van der Waals surface area contributed by atoms with Crippen LogP contribution >= 0.6 is 0 Å². The summed E-state index contributed by atoms with van der Waals surface area (Å²) in [6.45, 7) is 11.0. The van der Waals surface area contributed by atoms with Gasteiger partial charge in [-0.15, -0.1) is 6.58 Å². The minimum atomic E-state index is -0.768. The van der Waals surface area contributed by atoms with Crippen LogP contribution in [0.15, 0.2) is 30.9 Å². The first-order chi connectivity index (χ1) is 13.1. The molecule has 1 aromatic rings. The summed E-state index contributed by atoms with van der Waals surface area (Å²) in [6.07, 6.45) is 0.772. The molecule has 0 aliphatic heterocycles. The fourth-order valence-corrected chi connectivity index (χ4v) is 2.46. The van der Waals surface area contributed by atoms with Gasteiger partial charge in [0.25, 0.3) is 5.91 Å². The van der Waals surface area contributed by atoms with Crippen molar-refractivity contribution in [2.24, 2.45) is 0 Å². The summed E-state index contributed by atoms with van der Waals surface area (Å²) in [5.74, 6) is 0.377. The van der Waals surface area contributed by atoms with E-state index in [1.807, 2.05) is 32.9 Å². The van der Waals surface area contributed by atoms with Crippen LogP contribution < -0.4 is 9.47 Å². The van der Waals surface area contributed by atoms with Gasteiger partial charge in [0, 0.05) is 23.7 Å². The lowest BCUT2D eigenvalue weighted by Gasteiger charge is -2.36. The van der Waals surface area contributed by atoms with E-state index in [-0.39, 0.29) is 19.1 Å². The normalized spacial score (nSPS) is 12.1. The molecule has 0 heterocycles. The Hall–Kier alpha value is -2.54. The molecule has 7 nitrogen and oxygen atoms in total. The molecule has 1 atom stereocenters. The number of carbonyl (C=O) groups excluding carboxylic acids is 2. The number of nitrogens with zero attached hydrogens (tertiary/aromatic N) is 1. The highest BCUT2D eigenvalue weighted by molar-refractivity contribution is 5.82. The molecule has 0 aromatic heterocycles. The van der Waals surface area contributed by atoms with Gasteiger partial charge in [0.2, 0.25) is 0 Å². The van der Waals surface area contributed by atoms with Crippen LogP contribution in [0.2, 0.25) is 0 Å². The fourth-order valence-electron chi connectivity index (χ4n) is 2.46. The lowest BCUT2D eigenvalue weighted by molar-refractivity contribution is -0.162. The predicted octanol–water partition coefficient (Wildman–Crippen LogP) is 2.97. The average molecular weight is 393 g/mol. The molecular weight excluding hydrogens is 362 g/mol. The second-order valence-electron chi connectivity index (χ2n) is 7.20. The third-order valence-electron chi connectivity index (χ3n) is 4.07. The van der Waals surface area contributed by atoms with Crippen molar-refractivity contribution in [2.45, 2.75) is 45.9 Å². The number of hydrogen-bond acceptors (Lipinski definition) is 6. The standard InChI is InChI=1S/C21H31NO6/c1-8-11-27-15(2)20(24)28-14-19(23)22(21(3,4)5)13-16-9-10-17(25-6)12-18(16)26-7/h8-10,12,15H,1,11,13-14H2,2-7H3. The first-order valence-electron chi connectivity index (χ1n) is 9.04. The van der Waals surface area contributed by atoms with Crippen LogP contribution in [0.25, 0.3) is 0 Å². The van der Waals surface area contributed by atoms with Crippen LogP contribution in [-0.2, 0) is 25.6 Å². The Morgan fingerprint density at radius 1 is 1.21 bits per heavy atom. The number of ether oxygens (including phenoxy) is 4. The monoisotopic (exact) mass is 393 g/mol. The third kappa shape index (κ3) is 6.88. The predicted molar refractivity (Wildman–Crippen MR) is 106 cm³/mol. The van der Waals surface area contributed by atoms with Crippen molar-refractivity contribution >= 4 is 11.9 Å². The maximum absolute atomic E-state index is 12.8. The zero-order valence-electron chi connectivity index (χ0n) is 17.6. The van der Waals surface area contributed by atoms with Crippen molar-refractivity contribution in [3.63, 3.8) is 0 Å². The van der Waals surface area contributed by atoms with Crippen molar-refractivity contribution in [1.82, 2.24) is 4.90 Å². The lowest BCUT2D eigenvalue weighted by atomic mass is 10.0. The molecular formula is C21H31NO6. The van der Waals surface area contributed by atoms with E-state index in [0.29, 0.717) is 18.0 Å². The van der Waals surface area contributed by atoms with Crippen LogP contribution in [0.3, 0.4) is 0 Å². The number of esters is 1. The third-order valence-corrected chi connectivity index (χ3v) is 4.07. The molecule has 1 aromatic carbocycles. The molecule has 1 unspecified atom stereocenters. The Bertz CT molecular complexity index is 680. The average Bonchev–Trinajstić information content (AvgIpc) is 2.66. The van der Waals surface area contributed by atoms with Gasteiger partial charge in [-0.3, -0.25) is 4.79 Å². The Labute approximate surface area is 167 Å². The highest BCUT2D eigenvalue weighted by Gasteiger charge is 2.29. The molecule has 0 aliphatic rings. The summed E-state index contributed by atoms with van der Waals surface area (Å²) in [5, 5.41) is 0. The second-order valence-corrected chi connectivity index (χ2v) is 7.20. The Balaban J connectivity index is 2.87. The topological polar surface area (TPSA) is 74.3 Å². The molecule has 1 rings (SSSR count). The molecule has 0 spiro atoms. The maximum Gasteiger partial charge on any atom is 0.335 e. The van der Waals surface area contributed by atoms with Crippen LogP contribution in [0.1, 0.15) is 33.3 Å². The quantitative estimate of drug-likeness (QED) is 0.449. The van der Waals surface area contributed by atoms with Crippen LogP contribution in [0.4, 0.5) is 0 Å². The van der Waals surface area contributed by atoms with Crippen molar-refractivity contribution in [1.29, 1.82) is 0 Å². The summed E-state index contributed by atoms with van der Waals surface area (Å²) in [4.78, 5) is 26.4. The van der Waals surface area contributed by atoms with Gasteiger partial charge < -0.3 is 23.8 Å². The number of hydrogen-bond donors (Lipinski definition) is 0. The van der Waals surface area contributed by atoms with Gasteiger partial charge in [0.1, 0.15) is 11.5 Å². The van der Waals surface area contributed by atoms with Crippen molar-refractivity contribution in [2.75, 3.05) is 27.4 Å². The summed E-state index contributed by atoms with van der Waals surface area (Å²) >= 11 is 0. The van der Waals surface area contributed by atoms with Gasteiger partial charge in [-0.05, 0) is 39.8 Å². The molecule has 28 heavy (non-hydrogen) atoms. The van der Waals surface area contributed by atoms with Gasteiger partial charge in [-0.25, -0.2) is 4.79 Å². The van der Waals surface area contributed by atoms with Gasteiger partial charge in [0.15, 0.2) is 12.7 Å². The van der Waals surface area contributed by atoms with E-state index in [0.717, 1.165) is 5.56 Å². The van der Waals surface area contributed by atoms with Crippen LogP contribution in [-0.4, -0.2) is 55.9 Å². The number of methoxy groups -OCH3 is 2. The zero-order valence-corrected chi connectivity index (χ0v) is 17.6. The van der Waals surface area contributed by atoms with E-state index in [1.54, 1.807) is 38.2 Å². The molecule has 156 valence electrons. The summed E-state index contributed by atoms with van der Waals surface area (Å²) < 4.78 is 21.0. The van der Waals surface area contributed by atoms with Gasteiger partial charge in [0.05, 0.1) is 20.8 Å². The maximum atomic E-state index is 12.8. The summed E-state index contributed by atoms with van der Waals surface area (Å²) in [6, 6.07) is 5.42. The molecule has 0 aliphatic carbocycles.